The standard InChI is InChI=1S/C19H28N2O3/c1-2-14-3-4-17(18(22)11-14)19(23)20-16-5-8-21(9-6-16)12-15-7-10-24-13-15/h3-4,11,15-16,22H,2,5-10,12-13H2,1H3,(H,20,23). The molecular formula is C19H28N2O3. The average molecular weight is 332 g/mol. The first-order valence-electron chi connectivity index (χ1n) is 9.08. The van der Waals surface area contributed by atoms with Crippen molar-refractivity contribution in [3.05, 3.63) is 29.3 Å². The smallest absolute Gasteiger partial charge is 0.255 e. The SMILES string of the molecule is CCc1ccc(C(=O)NC2CCN(CC3CCOC3)CC2)c(O)c1. The van der Waals surface area contributed by atoms with Crippen molar-refractivity contribution in [1.82, 2.24) is 10.2 Å². The highest BCUT2D eigenvalue weighted by molar-refractivity contribution is 5.97. The third-order valence-electron chi connectivity index (χ3n) is 5.18. The molecule has 1 amide bonds. The number of nitrogens with zero attached hydrogens (tertiary/aromatic N) is 1. The summed E-state index contributed by atoms with van der Waals surface area (Å²) in [4.78, 5) is 14.9. The first kappa shape index (κ1) is 17.2. The summed E-state index contributed by atoms with van der Waals surface area (Å²) < 4.78 is 5.44. The van der Waals surface area contributed by atoms with E-state index < -0.39 is 0 Å². The summed E-state index contributed by atoms with van der Waals surface area (Å²) in [6.07, 6.45) is 3.95. The molecule has 0 radical (unpaired) electrons. The topological polar surface area (TPSA) is 61.8 Å². The van der Waals surface area contributed by atoms with Crippen LogP contribution in [0.4, 0.5) is 0 Å². The van der Waals surface area contributed by atoms with E-state index in [0.29, 0.717) is 11.5 Å². The van der Waals surface area contributed by atoms with E-state index in [0.717, 1.165) is 57.7 Å². The van der Waals surface area contributed by atoms with Crippen LogP contribution in [-0.4, -0.2) is 54.8 Å². The molecule has 0 spiro atoms. The van der Waals surface area contributed by atoms with Gasteiger partial charge in [0.15, 0.2) is 0 Å². The molecule has 0 saturated carbocycles. The molecule has 1 aromatic rings. The van der Waals surface area contributed by atoms with Crippen molar-refractivity contribution in [3.63, 3.8) is 0 Å². The van der Waals surface area contributed by atoms with E-state index in [9.17, 15) is 9.90 Å². The minimum Gasteiger partial charge on any atom is -0.507 e. The summed E-state index contributed by atoms with van der Waals surface area (Å²) in [5.41, 5.74) is 1.41. The number of phenols is 1. The van der Waals surface area contributed by atoms with Gasteiger partial charge in [-0.2, -0.15) is 0 Å². The third kappa shape index (κ3) is 4.28. The van der Waals surface area contributed by atoms with Gasteiger partial charge in [0, 0.05) is 32.3 Å². The minimum absolute atomic E-state index is 0.0746. The molecule has 0 aliphatic carbocycles. The van der Waals surface area contributed by atoms with Gasteiger partial charge >= 0.3 is 0 Å². The zero-order chi connectivity index (χ0) is 16.9. The Morgan fingerprint density at radius 3 is 2.75 bits per heavy atom. The van der Waals surface area contributed by atoms with Crippen molar-refractivity contribution in [2.75, 3.05) is 32.8 Å². The summed E-state index contributed by atoms with van der Waals surface area (Å²) in [5.74, 6) is 0.577. The first-order valence-corrected chi connectivity index (χ1v) is 9.08. The van der Waals surface area contributed by atoms with Gasteiger partial charge in [-0.25, -0.2) is 0 Å². The Balaban J connectivity index is 1.47. The monoisotopic (exact) mass is 332 g/mol. The summed E-state index contributed by atoms with van der Waals surface area (Å²) in [5, 5.41) is 13.1. The van der Waals surface area contributed by atoms with Gasteiger partial charge in [-0.05, 0) is 49.3 Å². The highest BCUT2D eigenvalue weighted by Gasteiger charge is 2.25. The van der Waals surface area contributed by atoms with Crippen LogP contribution in [0.2, 0.25) is 0 Å². The Morgan fingerprint density at radius 2 is 2.12 bits per heavy atom. The number of carbonyl (C=O) groups is 1. The molecule has 3 rings (SSSR count). The second-order valence-corrected chi connectivity index (χ2v) is 6.98. The predicted octanol–water partition coefficient (Wildman–Crippen LogP) is 2.19. The molecule has 0 bridgehead atoms. The minimum atomic E-state index is -0.169. The van der Waals surface area contributed by atoms with Crippen LogP contribution in [0.25, 0.3) is 0 Å². The highest BCUT2D eigenvalue weighted by atomic mass is 16.5. The van der Waals surface area contributed by atoms with Crippen molar-refractivity contribution in [2.24, 2.45) is 5.92 Å². The predicted molar refractivity (Wildman–Crippen MR) is 93.3 cm³/mol. The summed E-state index contributed by atoms with van der Waals surface area (Å²) >= 11 is 0. The number of carbonyl (C=O) groups excluding carboxylic acids is 1. The highest BCUT2D eigenvalue weighted by Crippen LogP contribution is 2.21. The quantitative estimate of drug-likeness (QED) is 0.868. The van der Waals surface area contributed by atoms with Gasteiger partial charge in [-0.3, -0.25) is 4.79 Å². The van der Waals surface area contributed by atoms with E-state index in [4.69, 9.17) is 4.74 Å². The number of aromatic hydroxyl groups is 1. The van der Waals surface area contributed by atoms with Gasteiger partial charge in [0.25, 0.3) is 5.91 Å². The van der Waals surface area contributed by atoms with Gasteiger partial charge in [-0.15, -0.1) is 0 Å². The Kier molecular flexibility index (Phi) is 5.74. The molecule has 24 heavy (non-hydrogen) atoms. The van der Waals surface area contributed by atoms with Crippen molar-refractivity contribution in [2.45, 2.75) is 38.6 Å². The number of benzene rings is 1. The fourth-order valence-corrected chi connectivity index (χ4v) is 3.60. The number of phenolic OH excluding ortho intramolecular Hbond substituents is 1. The molecule has 132 valence electrons. The molecule has 5 heteroatoms. The van der Waals surface area contributed by atoms with E-state index in [1.165, 1.54) is 6.42 Å². The summed E-state index contributed by atoms with van der Waals surface area (Å²) in [6, 6.07) is 5.50. The van der Waals surface area contributed by atoms with Gasteiger partial charge in [0.2, 0.25) is 0 Å². The lowest BCUT2D eigenvalue weighted by Crippen LogP contribution is -2.45. The molecule has 2 fully saturated rings. The molecular weight excluding hydrogens is 304 g/mol. The fourth-order valence-electron chi connectivity index (χ4n) is 3.60. The van der Waals surface area contributed by atoms with Crippen molar-refractivity contribution < 1.29 is 14.6 Å². The van der Waals surface area contributed by atoms with Gasteiger partial charge in [0.05, 0.1) is 12.2 Å². The lowest BCUT2D eigenvalue weighted by molar-refractivity contribution is 0.0900. The first-order chi connectivity index (χ1) is 11.7. The van der Waals surface area contributed by atoms with E-state index in [2.05, 4.69) is 10.2 Å². The second-order valence-electron chi connectivity index (χ2n) is 6.98. The van der Waals surface area contributed by atoms with Gasteiger partial charge < -0.3 is 20.1 Å². The molecule has 2 N–H and O–H groups in total. The van der Waals surface area contributed by atoms with E-state index in [-0.39, 0.29) is 17.7 Å². The number of hydrogen-bond acceptors (Lipinski definition) is 4. The number of nitrogens with one attached hydrogen (secondary N) is 1. The van der Waals surface area contributed by atoms with Crippen molar-refractivity contribution >= 4 is 5.91 Å². The van der Waals surface area contributed by atoms with Crippen LogP contribution in [0.1, 0.15) is 42.1 Å². The fraction of sp³-hybridized carbons (Fsp3) is 0.632. The maximum atomic E-state index is 12.4. The van der Waals surface area contributed by atoms with Crippen molar-refractivity contribution in [1.29, 1.82) is 0 Å². The van der Waals surface area contributed by atoms with E-state index in [1.807, 2.05) is 13.0 Å². The van der Waals surface area contributed by atoms with Gasteiger partial charge in [0.1, 0.15) is 5.75 Å². The number of rotatable bonds is 5. The molecule has 1 aromatic carbocycles. The van der Waals surface area contributed by atoms with E-state index >= 15 is 0 Å². The second kappa shape index (κ2) is 7.99. The van der Waals surface area contributed by atoms with Crippen LogP contribution in [0.5, 0.6) is 5.75 Å². The number of hydrogen-bond donors (Lipinski definition) is 2. The van der Waals surface area contributed by atoms with Crippen molar-refractivity contribution in [3.8, 4) is 5.75 Å². The van der Waals surface area contributed by atoms with Crippen LogP contribution in [0.3, 0.4) is 0 Å². The molecule has 1 unspecified atom stereocenters. The lowest BCUT2D eigenvalue weighted by Gasteiger charge is -2.33. The van der Waals surface area contributed by atoms with Crippen LogP contribution in [0.15, 0.2) is 18.2 Å². The number of piperidine rings is 1. The third-order valence-corrected chi connectivity index (χ3v) is 5.18. The number of amides is 1. The maximum Gasteiger partial charge on any atom is 0.255 e. The lowest BCUT2D eigenvalue weighted by atomic mass is 10.0. The number of ether oxygens (including phenoxy) is 1. The van der Waals surface area contributed by atoms with Crippen LogP contribution in [-0.2, 0) is 11.2 Å². The molecule has 2 saturated heterocycles. The van der Waals surface area contributed by atoms with Crippen LogP contribution >= 0.6 is 0 Å². The molecule has 0 aromatic heterocycles. The maximum absolute atomic E-state index is 12.4. The van der Waals surface area contributed by atoms with Crippen LogP contribution < -0.4 is 5.32 Å². The summed E-state index contributed by atoms with van der Waals surface area (Å²) in [7, 11) is 0. The number of aryl methyl sites for hydroxylation is 1. The molecule has 2 aliphatic heterocycles. The largest absolute Gasteiger partial charge is 0.507 e. The number of likely N-dealkylation sites (tertiary alicyclic amines) is 1. The Bertz CT molecular complexity index is 562. The zero-order valence-electron chi connectivity index (χ0n) is 14.5. The molecule has 2 aliphatic rings. The Labute approximate surface area is 144 Å². The molecule has 5 nitrogen and oxygen atoms in total. The normalized spacial score (nSPS) is 22.6. The Hall–Kier alpha value is -1.59. The Morgan fingerprint density at radius 1 is 1.33 bits per heavy atom. The zero-order valence-corrected chi connectivity index (χ0v) is 14.5. The summed E-state index contributed by atoms with van der Waals surface area (Å²) in [6.45, 7) is 6.96. The van der Waals surface area contributed by atoms with E-state index in [1.54, 1.807) is 12.1 Å². The molecule has 1 atom stereocenters. The van der Waals surface area contributed by atoms with Gasteiger partial charge in [-0.1, -0.05) is 13.0 Å². The van der Waals surface area contributed by atoms with Crippen LogP contribution in [0, 0.1) is 5.92 Å². The average Bonchev–Trinajstić information content (AvgIpc) is 3.09. The molecule has 2 heterocycles.